The molecule has 0 saturated heterocycles. The van der Waals surface area contributed by atoms with Crippen molar-refractivity contribution >= 4 is 67.3 Å². The molecule has 0 spiro atoms. The first kappa shape index (κ1) is 18.8. The van der Waals surface area contributed by atoms with Gasteiger partial charge in [-0.3, -0.25) is 0 Å². The van der Waals surface area contributed by atoms with Crippen LogP contribution in [0.2, 0.25) is 5.02 Å². The highest BCUT2D eigenvalue weighted by Gasteiger charge is 2.29. The number of fused-ring (bicyclic) bond motifs is 1. The van der Waals surface area contributed by atoms with Gasteiger partial charge in [-0.15, -0.1) is 22.0 Å². The van der Waals surface area contributed by atoms with Gasteiger partial charge in [-0.25, -0.2) is 18.4 Å². The highest BCUT2D eigenvalue weighted by molar-refractivity contribution is 8.01. The van der Waals surface area contributed by atoms with E-state index in [2.05, 4.69) is 20.2 Å². The molecule has 0 bridgehead atoms. The van der Waals surface area contributed by atoms with Crippen molar-refractivity contribution in [3.05, 3.63) is 23.2 Å². The van der Waals surface area contributed by atoms with Gasteiger partial charge >= 0.3 is 0 Å². The minimum atomic E-state index is -3.91. The van der Waals surface area contributed by atoms with Crippen molar-refractivity contribution in [1.82, 2.24) is 20.2 Å². The Morgan fingerprint density at radius 3 is 2.56 bits per heavy atom. The van der Waals surface area contributed by atoms with Crippen molar-refractivity contribution in [2.24, 2.45) is 0 Å². The SMILES string of the molecule is CSc1nnc(S(=O)(=O)c2nc3cc(Cl)ccc3nc2SC(C)C)s1. The fraction of sp³-hybridized carbons (Fsp3) is 0.286. The summed E-state index contributed by atoms with van der Waals surface area (Å²) in [6.07, 6.45) is 1.81. The molecule has 0 unspecified atom stereocenters. The molecule has 25 heavy (non-hydrogen) atoms. The van der Waals surface area contributed by atoms with Crippen LogP contribution in [-0.4, -0.2) is 40.1 Å². The number of aromatic nitrogens is 4. The zero-order valence-electron chi connectivity index (χ0n) is 13.4. The molecule has 0 N–H and O–H groups in total. The fourth-order valence-electron chi connectivity index (χ4n) is 1.94. The van der Waals surface area contributed by atoms with Gasteiger partial charge in [0.2, 0.25) is 4.34 Å². The quantitative estimate of drug-likeness (QED) is 0.554. The van der Waals surface area contributed by atoms with E-state index in [4.69, 9.17) is 11.6 Å². The Kier molecular flexibility index (Phi) is 5.54. The van der Waals surface area contributed by atoms with Crippen molar-refractivity contribution < 1.29 is 8.42 Å². The Hall–Kier alpha value is -0.940. The van der Waals surface area contributed by atoms with Gasteiger partial charge < -0.3 is 0 Å². The Morgan fingerprint density at radius 2 is 1.92 bits per heavy atom. The second-order valence-electron chi connectivity index (χ2n) is 5.17. The first-order valence-electron chi connectivity index (χ1n) is 7.08. The summed E-state index contributed by atoms with van der Waals surface area (Å²) in [5.41, 5.74) is 1.02. The second-order valence-corrected chi connectivity index (χ2v) is 11.2. The summed E-state index contributed by atoms with van der Waals surface area (Å²) < 4.78 is 26.6. The molecule has 1 aromatic carbocycles. The van der Waals surface area contributed by atoms with E-state index in [0.717, 1.165) is 11.3 Å². The lowest BCUT2D eigenvalue weighted by Gasteiger charge is -2.10. The van der Waals surface area contributed by atoms with Gasteiger partial charge in [-0.1, -0.05) is 48.5 Å². The smallest absolute Gasteiger partial charge is 0.237 e. The molecular formula is C14H13ClN4O2S4. The third kappa shape index (κ3) is 3.92. The molecule has 2 heterocycles. The number of halogens is 1. The number of hydrogen-bond acceptors (Lipinski definition) is 9. The lowest BCUT2D eigenvalue weighted by Crippen LogP contribution is -2.09. The Labute approximate surface area is 162 Å². The number of sulfone groups is 1. The van der Waals surface area contributed by atoms with Crippen molar-refractivity contribution in [3.63, 3.8) is 0 Å². The summed E-state index contributed by atoms with van der Waals surface area (Å²) in [4.78, 5) is 8.84. The first-order valence-corrected chi connectivity index (χ1v) is 11.9. The average Bonchev–Trinajstić information content (AvgIpc) is 3.03. The van der Waals surface area contributed by atoms with Crippen LogP contribution in [0.4, 0.5) is 0 Å². The van der Waals surface area contributed by atoms with Gasteiger partial charge in [-0.2, -0.15) is 0 Å². The maximum Gasteiger partial charge on any atom is 0.255 e. The van der Waals surface area contributed by atoms with E-state index in [-0.39, 0.29) is 14.6 Å². The molecule has 0 amide bonds. The zero-order chi connectivity index (χ0) is 18.2. The second kappa shape index (κ2) is 7.36. The van der Waals surface area contributed by atoms with Gasteiger partial charge in [-0.05, 0) is 24.5 Å². The van der Waals surface area contributed by atoms with E-state index in [1.807, 2.05) is 20.1 Å². The summed E-state index contributed by atoms with van der Waals surface area (Å²) in [6.45, 7) is 3.93. The number of rotatable bonds is 5. The van der Waals surface area contributed by atoms with Crippen molar-refractivity contribution in [2.75, 3.05) is 6.26 Å². The third-order valence-electron chi connectivity index (χ3n) is 2.96. The Bertz CT molecular complexity index is 1040. The largest absolute Gasteiger partial charge is 0.255 e. The molecule has 0 saturated carbocycles. The number of benzene rings is 1. The van der Waals surface area contributed by atoms with Crippen LogP contribution in [0.15, 0.2) is 36.9 Å². The number of thioether (sulfide) groups is 2. The summed E-state index contributed by atoms with van der Waals surface area (Å²) in [6, 6.07) is 5.02. The zero-order valence-corrected chi connectivity index (χ0v) is 17.4. The van der Waals surface area contributed by atoms with E-state index >= 15 is 0 Å². The van der Waals surface area contributed by atoms with E-state index in [1.54, 1.807) is 18.2 Å². The first-order chi connectivity index (χ1) is 11.8. The van der Waals surface area contributed by atoms with Gasteiger partial charge in [0.1, 0.15) is 5.03 Å². The number of nitrogens with zero attached hydrogens (tertiary/aromatic N) is 4. The third-order valence-corrected chi connectivity index (χ3v) is 8.24. The average molecular weight is 433 g/mol. The minimum absolute atomic E-state index is 0.0851. The molecule has 0 radical (unpaired) electrons. The van der Waals surface area contributed by atoms with Crippen LogP contribution in [0, 0.1) is 0 Å². The summed E-state index contributed by atoms with van der Waals surface area (Å²) in [5.74, 6) is 0. The van der Waals surface area contributed by atoms with Crippen LogP contribution in [-0.2, 0) is 9.84 Å². The predicted octanol–water partition coefficient (Wildman–Crippen LogP) is 4.19. The Morgan fingerprint density at radius 1 is 1.16 bits per heavy atom. The maximum absolute atomic E-state index is 13.0. The molecule has 132 valence electrons. The van der Waals surface area contributed by atoms with Gasteiger partial charge in [0.05, 0.1) is 11.0 Å². The molecule has 0 fully saturated rings. The normalized spacial score (nSPS) is 12.2. The highest BCUT2D eigenvalue weighted by atomic mass is 35.5. The molecule has 11 heteroatoms. The van der Waals surface area contributed by atoms with E-state index in [0.29, 0.717) is 25.4 Å². The van der Waals surface area contributed by atoms with E-state index in [1.165, 1.54) is 23.5 Å². The summed E-state index contributed by atoms with van der Waals surface area (Å²) >= 11 is 9.71. The lowest BCUT2D eigenvalue weighted by atomic mass is 10.3. The summed E-state index contributed by atoms with van der Waals surface area (Å²) in [5, 5.41) is 8.54. The molecule has 0 atom stereocenters. The monoisotopic (exact) mass is 432 g/mol. The molecule has 6 nitrogen and oxygen atoms in total. The van der Waals surface area contributed by atoms with Crippen molar-refractivity contribution in [1.29, 1.82) is 0 Å². The van der Waals surface area contributed by atoms with Gasteiger partial charge in [0.15, 0.2) is 9.37 Å². The fourth-order valence-corrected chi connectivity index (χ4v) is 6.21. The molecule has 0 aliphatic heterocycles. The van der Waals surface area contributed by atoms with Crippen LogP contribution in [0.25, 0.3) is 11.0 Å². The molecule has 0 aliphatic carbocycles. The van der Waals surface area contributed by atoms with Crippen molar-refractivity contribution in [3.8, 4) is 0 Å². The van der Waals surface area contributed by atoms with Crippen LogP contribution >= 0.6 is 46.5 Å². The van der Waals surface area contributed by atoms with E-state index < -0.39 is 9.84 Å². The molecule has 0 aliphatic rings. The lowest BCUT2D eigenvalue weighted by molar-refractivity contribution is 0.586. The molecular weight excluding hydrogens is 420 g/mol. The Balaban J connectivity index is 2.24. The van der Waals surface area contributed by atoms with Crippen LogP contribution < -0.4 is 0 Å². The van der Waals surface area contributed by atoms with Crippen LogP contribution in [0.3, 0.4) is 0 Å². The number of hydrogen-bond donors (Lipinski definition) is 0. The van der Waals surface area contributed by atoms with Gasteiger partial charge in [0.25, 0.3) is 9.84 Å². The standard InChI is InChI=1S/C14H13ClN4O2S4/c1-7(2)23-11-12(17-10-6-8(15)4-5-9(10)16-11)25(20,21)14-19-18-13(22-3)24-14/h4-7H,1-3H3. The minimum Gasteiger partial charge on any atom is -0.237 e. The molecule has 2 aromatic heterocycles. The molecule has 3 rings (SSSR count). The van der Waals surface area contributed by atoms with Crippen LogP contribution in [0.5, 0.6) is 0 Å². The highest BCUT2D eigenvalue weighted by Crippen LogP contribution is 2.34. The predicted molar refractivity (Wildman–Crippen MR) is 103 cm³/mol. The van der Waals surface area contributed by atoms with Crippen molar-refractivity contribution in [2.45, 2.75) is 37.8 Å². The van der Waals surface area contributed by atoms with Crippen LogP contribution in [0.1, 0.15) is 13.8 Å². The summed E-state index contributed by atoms with van der Waals surface area (Å²) in [7, 11) is -3.91. The van der Waals surface area contributed by atoms with E-state index in [9.17, 15) is 8.42 Å². The van der Waals surface area contributed by atoms with Gasteiger partial charge in [0, 0.05) is 10.3 Å². The maximum atomic E-state index is 13.0. The molecule has 3 aromatic rings. The topological polar surface area (TPSA) is 85.7 Å².